The third-order valence-electron chi connectivity index (χ3n) is 4.16. The number of ether oxygens (including phenoxy) is 1. The van der Waals surface area contributed by atoms with Crippen LogP contribution in [0.2, 0.25) is 0 Å². The van der Waals surface area contributed by atoms with E-state index >= 15 is 0 Å². The van der Waals surface area contributed by atoms with E-state index in [-0.39, 0.29) is 13.2 Å². The summed E-state index contributed by atoms with van der Waals surface area (Å²) in [6.07, 6.45) is 2.33. The highest BCUT2D eigenvalue weighted by molar-refractivity contribution is 7.87. The molecular formula is C13H27N3O4S. The van der Waals surface area contributed by atoms with Gasteiger partial charge in [0.15, 0.2) is 0 Å². The third-order valence-corrected chi connectivity index (χ3v) is 5.91. The Balaban J connectivity index is 2.93. The number of nitrogens with zero attached hydrogens (tertiary/aromatic N) is 1. The Kier molecular flexibility index (Phi) is 6.58. The third kappa shape index (κ3) is 4.15. The van der Waals surface area contributed by atoms with Gasteiger partial charge in [-0.3, -0.25) is 4.79 Å². The summed E-state index contributed by atoms with van der Waals surface area (Å²) in [4.78, 5) is 11.9. The maximum Gasteiger partial charge on any atom is 0.324 e. The molecule has 21 heavy (non-hydrogen) atoms. The second kappa shape index (κ2) is 7.53. The van der Waals surface area contributed by atoms with Crippen molar-refractivity contribution in [2.45, 2.75) is 58.0 Å². The van der Waals surface area contributed by atoms with Crippen LogP contribution in [0.3, 0.4) is 0 Å². The standard InChI is InChI=1S/C13H27N3O4S/c1-4-13(5-2,10-14)15-21(18,19)16-9-7-8-11(16)12(17)20-6-3/h11,15H,4-10,14H2,1-3H3. The van der Waals surface area contributed by atoms with Gasteiger partial charge in [-0.1, -0.05) is 13.8 Å². The molecule has 0 aromatic rings. The van der Waals surface area contributed by atoms with E-state index in [4.69, 9.17) is 10.5 Å². The minimum Gasteiger partial charge on any atom is -0.465 e. The Hall–Kier alpha value is -0.700. The zero-order valence-corrected chi connectivity index (χ0v) is 13.9. The van der Waals surface area contributed by atoms with Gasteiger partial charge in [0.25, 0.3) is 10.2 Å². The quantitative estimate of drug-likeness (QED) is 0.629. The molecule has 0 aliphatic carbocycles. The molecule has 3 N–H and O–H groups in total. The number of nitrogens with two attached hydrogens (primary N) is 1. The number of nitrogens with one attached hydrogen (secondary N) is 1. The Morgan fingerprint density at radius 3 is 2.48 bits per heavy atom. The van der Waals surface area contributed by atoms with Crippen molar-refractivity contribution < 1.29 is 17.9 Å². The number of carbonyl (C=O) groups is 1. The predicted octanol–water partition coefficient (Wildman–Crippen LogP) is 0.366. The Morgan fingerprint density at radius 2 is 2.00 bits per heavy atom. The summed E-state index contributed by atoms with van der Waals surface area (Å²) in [5.41, 5.74) is 5.07. The smallest absolute Gasteiger partial charge is 0.324 e. The summed E-state index contributed by atoms with van der Waals surface area (Å²) < 4.78 is 34.1. The molecule has 1 fully saturated rings. The molecule has 0 aromatic heterocycles. The van der Waals surface area contributed by atoms with Gasteiger partial charge in [-0.05, 0) is 32.6 Å². The van der Waals surface area contributed by atoms with E-state index in [1.54, 1.807) is 6.92 Å². The van der Waals surface area contributed by atoms with Crippen LogP contribution < -0.4 is 10.5 Å². The summed E-state index contributed by atoms with van der Waals surface area (Å²) in [5.74, 6) is -0.480. The van der Waals surface area contributed by atoms with Crippen molar-refractivity contribution in [3.8, 4) is 0 Å². The van der Waals surface area contributed by atoms with Crippen LogP contribution in [-0.4, -0.2) is 50.0 Å². The van der Waals surface area contributed by atoms with Crippen LogP contribution in [0.1, 0.15) is 46.5 Å². The second-order valence-corrected chi connectivity index (χ2v) is 6.94. The molecule has 1 saturated heterocycles. The van der Waals surface area contributed by atoms with Crippen LogP contribution in [0, 0.1) is 0 Å². The highest BCUT2D eigenvalue weighted by atomic mass is 32.2. The van der Waals surface area contributed by atoms with Gasteiger partial charge in [-0.2, -0.15) is 17.4 Å². The molecule has 1 atom stereocenters. The molecule has 0 radical (unpaired) electrons. The average molecular weight is 321 g/mol. The Labute approximate surface area is 127 Å². The predicted molar refractivity (Wildman–Crippen MR) is 80.8 cm³/mol. The molecule has 0 amide bonds. The molecule has 7 nitrogen and oxygen atoms in total. The highest BCUT2D eigenvalue weighted by Gasteiger charge is 2.42. The van der Waals surface area contributed by atoms with Crippen LogP contribution in [0.25, 0.3) is 0 Å². The molecule has 124 valence electrons. The van der Waals surface area contributed by atoms with E-state index in [2.05, 4.69) is 4.72 Å². The fourth-order valence-corrected chi connectivity index (χ4v) is 4.49. The lowest BCUT2D eigenvalue weighted by Gasteiger charge is -2.34. The van der Waals surface area contributed by atoms with Gasteiger partial charge in [-0.25, -0.2) is 0 Å². The molecule has 0 spiro atoms. The maximum atomic E-state index is 12.6. The van der Waals surface area contributed by atoms with E-state index in [0.29, 0.717) is 32.2 Å². The number of rotatable bonds is 8. The summed E-state index contributed by atoms with van der Waals surface area (Å²) in [5, 5.41) is 0. The van der Waals surface area contributed by atoms with Crippen molar-refractivity contribution in [2.24, 2.45) is 5.73 Å². The molecule has 8 heteroatoms. The number of hydrogen-bond donors (Lipinski definition) is 2. The second-order valence-electron chi connectivity index (χ2n) is 5.32. The number of carbonyl (C=O) groups excluding carboxylic acids is 1. The van der Waals surface area contributed by atoms with Crippen LogP contribution in [0.4, 0.5) is 0 Å². The fraction of sp³-hybridized carbons (Fsp3) is 0.923. The first-order chi connectivity index (χ1) is 9.85. The fourth-order valence-electron chi connectivity index (χ4n) is 2.56. The lowest BCUT2D eigenvalue weighted by molar-refractivity contribution is -0.146. The van der Waals surface area contributed by atoms with Crippen molar-refractivity contribution in [3.63, 3.8) is 0 Å². The maximum absolute atomic E-state index is 12.6. The first kappa shape index (κ1) is 18.3. The van der Waals surface area contributed by atoms with E-state index in [9.17, 15) is 13.2 Å². The van der Waals surface area contributed by atoms with Crippen molar-refractivity contribution in [1.29, 1.82) is 0 Å². The van der Waals surface area contributed by atoms with Crippen molar-refractivity contribution in [3.05, 3.63) is 0 Å². The van der Waals surface area contributed by atoms with Gasteiger partial charge >= 0.3 is 5.97 Å². The Bertz CT molecular complexity index is 440. The van der Waals surface area contributed by atoms with Gasteiger partial charge in [0, 0.05) is 18.6 Å². The number of hydrogen-bond acceptors (Lipinski definition) is 5. The van der Waals surface area contributed by atoms with Crippen LogP contribution in [-0.2, 0) is 19.7 Å². The minimum atomic E-state index is -3.76. The van der Waals surface area contributed by atoms with E-state index in [1.165, 1.54) is 4.31 Å². The zero-order valence-electron chi connectivity index (χ0n) is 13.1. The molecule has 0 saturated carbocycles. The molecule has 1 heterocycles. The van der Waals surface area contributed by atoms with Gasteiger partial charge in [0.1, 0.15) is 6.04 Å². The van der Waals surface area contributed by atoms with Crippen molar-refractivity contribution >= 4 is 16.2 Å². The average Bonchev–Trinajstić information content (AvgIpc) is 2.95. The lowest BCUT2D eigenvalue weighted by atomic mass is 9.95. The topological polar surface area (TPSA) is 102 Å². The molecule has 0 aromatic carbocycles. The number of esters is 1. The molecule has 0 bridgehead atoms. The minimum absolute atomic E-state index is 0.219. The first-order valence-corrected chi connectivity index (χ1v) is 8.97. The summed E-state index contributed by atoms with van der Waals surface area (Å²) >= 11 is 0. The SMILES string of the molecule is CCOC(=O)C1CCCN1S(=O)(=O)NC(CC)(CC)CN. The largest absolute Gasteiger partial charge is 0.465 e. The summed E-state index contributed by atoms with van der Waals surface area (Å²) in [6, 6.07) is -0.730. The van der Waals surface area contributed by atoms with Crippen molar-refractivity contribution in [2.75, 3.05) is 19.7 Å². The van der Waals surface area contributed by atoms with Crippen LogP contribution >= 0.6 is 0 Å². The molecule has 1 unspecified atom stereocenters. The van der Waals surface area contributed by atoms with Gasteiger partial charge in [0.2, 0.25) is 0 Å². The van der Waals surface area contributed by atoms with Gasteiger partial charge in [-0.15, -0.1) is 0 Å². The summed E-state index contributed by atoms with van der Waals surface area (Å²) in [7, 11) is -3.76. The van der Waals surface area contributed by atoms with Crippen LogP contribution in [0.5, 0.6) is 0 Å². The molecule has 1 rings (SSSR count). The van der Waals surface area contributed by atoms with Gasteiger partial charge in [0.05, 0.1) is 6.61 Å². The van der Waals surface area contributed by atoms with Gasteiger partial charge < -0.3 is 10.5 Å². The summed E-state index contributed by atoms with van der Waals surface area (Å²) in [6.45, 7) is 6.28. The molecule has 1 aliphatic rings. The highest BCUT2D eigenvalue weighted by Crippen LogP contribution is 2.24. The molecular weight excluding hydrogens is 294 g/mol. The first-order valence-electron chi connectivity index (χ1n) is 7.53. The van der Waals surface area contributed by atoms with E-state index in [0.717, 1.165) is 0 Å². The monoisotopic (exact) mass is 321 g/mol. The van der Waals surface area contributed by atoms with Crippen molar-refractivity contribution in [1.82, 2.24) is 9.03 Å². The lowest BCUT2D eigenvalue weighted by Crippen LogP contribution is -2.58. The van der Waals surface area contributed by atoms with E-state index in [1.807, 2.05) is 13.8 Å². The zero-order chi connectivity index (χ0) is 16.1. The van der Waals surface area contributed by atoms with E-state index < -0.39 is 27.8 Å². The van der Waals surface area contributed by atoms with Crippen LogP contribution in [0.15, 0.2) is 0 Å². The normalized spacial score (nSPS) is 20.7. The molecule has 1 aliphatic heterocycles. The Morgan fingerprint density at radius 1 is 1.38 bits per heavy atom.